The molecule has 6 heteroatoms. The minimum Gasteiger partial charge on any atom is -0.494 e. The van der Waals surface area contributed by atoms with Crippen molar-refractivity contribution in [3.63, 3.8) is 0 Å². The Morgan fingerprint density at radius 1 is 1.07 bits per heavy atom. The van der Waals surface area contributed by atoms with Gasteiger partial charge in [-0.25, -0.2) is 4.98 Å². The number of pyridine rings is 1. The van der Waals surface area contributed by atoms with Crippen molar-refractivity contribution in [3.8, 4) is 27.6 Å². The number of hydrogen-bond acceptors (Lipinski definition) is 5. The Morgan fingerprint density at radius 2 is 1.93 bits per heavy atom. The van der Waals surface area contributed by atoms with Crippen LogP contribution in [0.2, 0.25) is 0 Å². The average Bonchev–Trinajstić information content (AvgIpc) is 3.25. The van der Waals surface area contributed by atoms with Gasteiger partial charge in [0.1, 0.15) is 10.8 Å². The Kier molecular flexibility index (Phi) is 5.63. The fourth-order valence-electron chi connectivity index (χ4n) is 2.88. The van der Waals surface area contributed by atoms with E-state index in [1.165, 1.54) is 0 Å². The van der Waals surface area contributed by atoms with Crippen molar-refractivity contribution < 1.29 is 9.53 Å². The first kappa shape index (κ1) is 18.8. The quantitative estimate of drug-likeness (QED) is 0.462. The molecule has 4 rings (SSSR count). The summed E-state index contributed by atoms with van der Waals surface area (Å²) in [7, 11) is 0. The van der Waals surface area contributed by atoms with Crippen LogP contribution in [0.1, 0.15) is 17.3 Å². The average molecular weight is 401 g/mol. The number of hydrogen-bond donors (Lipinski definition) is 1. The highest BCUT2D eigenvalue weighted by Crippen LogP contribution is 2.29. The molecule has 2 heterocycles. The maximum Gasteiger partial charge on any atom is 0.255 e. The fourth-order valence-corrected chi connectivity index (χ4v) is 3.70. The molecule has 0 aliphatic rings. The number of nitrogens with one attached hydrogen (secondary N) is 1. The first-order chi connectivity index (χ1) is 14.2. The van der Waals surface area contributed by atoms with E-state index in [1.807, 2.05) is 60.8 Å². The number of nitrogens with zero attached hydrogens (tertiary/aromatic N) is 2. The second-order valence-corrected chi connectivity index (χ2v) is 7.13. The molecule has 0 radical (unpaired) electrons. The number of benzene rings is 2. The van der Waals surface area contributed by atoms with Gasteiger partial charge in [-0.15, -0.1) is 11.3 Å². The van der Waals surface area contributed by atoms with Gasteiger partial charge in [-0.1, -0.05) is 18.2 Å². The normalized spacial score (nSPS) is 10.5. The summed E-state index contributed by atoms with van der Waals surface area (Å²) >= 11 is 1.57. The molecule has 29 heavy (non-hydrogen) atoms. The number of carbonyl (C=O) groups excluding carboxylic acids is 1. The number of ether oxygens (including phenoxy) is 1. The van der Waals surface area contributed by atoms with Gasteiger partial charge >= 0.3 is 0 Å². The third kappa shape index (κ3) is 4.50. The van der Waals surface area contributed by atoms with Crippen LogP contribution in [0.3, 0.4) is 0 Å². The lowest BCUT2D eigenvalue weighted by Gasteiger charge is -2.08. The largest absolute Gasteiger partial charge is 0.494 e. The monoisotopic (exact) mass is 401 g/mol. The van der Waals surface area contributed by atoms with E-state index < -0.39 is 0 Å². The molecule has 0 bridgehead atoms. The smallest absolute Gasteiger partial charge is 0.255 e. The highest BCUT2D eigenvalue weighted by Gasteiger charge is 2.10. The molecule has 0 atom stereocenters. The zero-order valence-corrected chi connectivity index (χ0v) is 16.6. The first-order valence-electron chi connectivity index (χ1n) is 9.23. The SMILES string of the molecule is CCOc1cccc(C(=O)Nc2cccc(-c3csc(-c4cccnc4)n3)c2)c1. The number of rotatable bonds is 6. The van der Waals surface area contributed by atoms with Crippen molar-refractivity contribution in [1.29, 1.82) is 0 Å². The van der Waals surface area contributed by atoms with Crippen molar-refractivity contribution in [2.75, 3.05) is 11.9 Å². The summed E-state index contributed by atoms with van der Waals surface area (Å²) in [4.78, 5) is 21.5. The van der Waals surface area contributed by atoms with Crippen LogP contribution >= 0.6 is 11.3 Å². The predicted molar refractivity (Wildman–Crippen MR) is 116 cm³/mol. The van der Waals surface area contributed by atoms with Crippen LogP contribution in [-0.2, 0) is 0 Å². The summed E-state index contributed by atoms with van der Waals surface area (Å²) in [6, 6.07) is 18.7. The number of anilines is 1. The van der Waals surface area contributed by atoms with E-state index in [0.29, 0.717) is 23.6 Å². The summed E-state index contributed by atoms with van der Waals surface area (Å²) in [6.07, 6.45) is 3.55. The Balaban J connectivity index is 1.53. The second kappa shape index (κ2) is 8.67. The van der Waals surface area contributed by atoms with E-state index in [2.05, 4.69) is 10.3 Å². The van der Waals surface area contributed by atoms with Crippen LogP contribution in [0, 0.1) is 0 Å². The summed E-state index contributed by atoms with van der Waals surface area (Å²) in [5.41, 5.74) is 4.06. The predicted octanol–water partition coefficient (Wildman–Crippen LogP) is 5.52. The van der Waals surface area contributed by atoms with Gasteiger partial charge in [-0.3, -0.25) is 9.78 Å². The summed E-state index contributed by atoms with van der Waals surface area (Å²) < 4.78 is 5.47. The highest BCUT2D eigenvalue weighted by atomic mass is 32.1. The standard InChI is InChI=1S/C23H19N3O2S/c1-2-28-20-10-4-7-17(13-20)22(27)25-19-9-3-6-16(12-19)21-15-29-23(26-21)18-8-5-11-24-14-18/h3-15H,2H2,1H3,(H,25,27). The van der Waals surface area contributed by atoms with Gasteiger partial charge in [-0.05, 0) is 49.4 Å². The molecule has 5 nitrogen and oxygen atoms in total. The molecule has 2 aromatic heterocycles. The molecule has 2 aromatic carbocycles. The Bertz CT molecular complexity index is 1130. The molecular weight excluding hydrogens is 382 g/mol. The van der Waals surface area contributed by atoms with Crippen LogP contribution in [0.4, 0.5) is 5.69 Å². The molecule has 0 fully saturated rings. The van der Waals surface area contributed by atoms with E-state index in [4.69, 9.17) is 9.72 Å². The first-order valence-corrected chi connectivity index (χ1v) is 10.1. The van der Waals surface area contributed by atoms with Crippen molar-refractivity contribution in [1.82, 2.24) is 9.97 Å². The van der Waals surface area contributed by atoms with Gasteiger partial charge in [0.2, 0.25) is 0 Å². The van der Waals surface area contributed by atoms with Crippen molar-refractivity contribution in [2.24, 2.45) is 0 Å². The van der Waals surface area contributed by atoms with Crippen LogP contribution in [-0.4, -0.2) is 22.5 Å². The molecule has 4 aromatic rings. The molecule has 0 unspecified atom stereocenters. The zero-order chi connectivity index (χ0) is 20.1. The topological polar surface area (TPSA) is 64.1 Å². The molecule has 0 spiro atoms. The van der Waals surface area contributed by atoms with Gasteiger partial charge in [0.05, 0.1) is 12.3 Å². The summed E-state index contributed by atoms with van der Waals surface area (Å²) in [5, 5.41) is 5.87. The fraction of sp³-hybridized carbons (Fsp3) is 0.0870. The van der Waals surface area contributed by atoms with Gasteiger partial charge in [0, 0.05) is 40.2 Å². The van der Waals surface area contributed by atoms with Crippen molar-refractivity contribution >= 4 is 22.9 Å². The molecule has 0 aliphatic carbocycles. The van der Waals surface area contributed by atoms with E-state index in [1.54, 1.807) is 35.9 Å². The Hall–Kier alpha value is -3.51. The van der Waals surface area contributed by atoms with Gasteiger partial charge in [0.15, 0.2) is 0 Å². The lowest BCUT2D eigenvalue weighted by molar-refractivity contribution is 0.102. The molecule has 1 N–H and O–H groups in total. The van der Waals surface area contributed by atoms with Crippen LogP contribution in [0.25, 0.3) is 21.8 Å². The van der Waals surface area contributed by atoms with E-state index in [0.717, 1.165) is 21.8 Å². The zero-order valence-electron chi connectivity index (χ0n) is 15.8. The molecule has 0 saturated heterocycles. The maximum atomic E-state index is 12.6. The number of amides is 1. The number of carbonyl (C=O) groups is 1. The van der Waals surface area contributed by atoms with Crippen LogP contribution < -0.4 is 10.1 Å². The lowest BCUT2D eigenvalue weighted by Crippen LogP contribution is -2.12. The molecule has 1 amide bonds. The molecular formula is C23H19N3O2S. The Labute approximate surface area is 173 Å². The molecule has 144 valence electrons. The second-order valence-electron chi connectivity index (χ2n) is 6.28. The van der Waals surface area contributed by atoms with Crippen molar-refractivity contribution in [3.05, 3.63) is 84.0 Å². The molecule has 0 saturated carbocycles. The van der Waals surface area contributed by atoms with E-state index >= 15 is 0 Å². The minimum absolute atomic E-state index is 0.182. The van der Waals surface area contributed by atoms with Gasteiger partial charge < -0.3 is 10.1 Å². The third-order valence-electron chi connectivity index (χ3n) is 4.24. The van der Waals surface area contributed by atoms with Crippen LogP contribution in [0.5, 0.6) is 5.75 Å². The Morgan fingerprint density at radius 3 is 2.76 bits per heavy atom. The number of thiazole rings is 1. The number of aromatic nitrogens is 2. The minimum atomic E-state index is -0.182. The summed E-state index contributed by atoms with van der Waals surface area (Å²) in [5.74, 6) is 0.498. The lowest BCUT2D eigenvalue weighted by atomic mass is 10.1. The third-order valence-corrected chi connectivity index (χ3v) is 5.13. The van der Waals surface area contributed by atoms with Crippen molar-refractivity contribution in [2.45, 2.75) is 6.92 Å². The maximum absolute atomic E-state index is 12.6. The highest BCUT2D eigenvalue weighted by molar-refractivity contribution is 7.13. The van der Waals surface area contributed by atoms with E-state index in [9.17, 15) is 4.79 Å². The van der Waals surface area contributed by atoms with E-state index in [-0.39, 0.29) is 5.91 Å². The summed E-state index contributed by atoms with van der Waals surface area (Å²) in [6.45, 7) is 2.47. The van der Waals surface area contributed by atoms with Gasteiger partial charge in [-0.2, -0.15) is 0 Å². The molecule has 0 aliphatic heterocycles. The van der Waals surface area contributed by atoms with Gasteiger partial charge in [0.25, 0.3) is 5.91 Å². The van der Waals surface area contributed by atoms with Crippen LogP contribution in [0.15, 0.2) is 78.4 Å².